The van der Waals surface area contributed by atoms with Crippen LogP contribution in [0.25, 0.3) is 0 Å². The van der Waals surface area contributed by atoms with Gasteiger partial charge < -0.3 is 15.2 Å². The van der Waals surface area contributed by atoms with Gasteiger partial charge in [-0.1, -0.05) is 30.3 Å². The number of pyridine rings is 1. The number of nitrogens with one attached hydrogen (secondary N) is 2. The van der Waals surface area contributed by atoms with Gasteiger partial charge in [0.15, 0.2) is 0 Å². The number of hydrogen-bond acceptors (Lipinski definition) is 3. The highest BCUT2D eigenvalue weighted by atomic mass is 16.2. The second-order valence-electron chi connectivity index (χ2n) is 6.71. The zero-order valence-corrected chi connectivity index (χ0v) is 14.7. The molecule has 0 radical (unpaired) electrons. The second kappa shape index (κ2) is 7.45. The first-order chi connectivity index (χ1) is 11.3. The third-order valence-corrected chi connectivity index (χ3v) is 3.95. The summed E-state index contributed by atoms with van der Waals surface area (Å²) >= 11 is 0. The van der Waals surface area contributed by atoms with Crippen molar-refractivity contribution < 1.29 is 4.79 Å². The Morgan fingerprint density at radius 3 is 2.46 bits per heavy atom. The summed E-state index contributed by atoms with van der Waals surface area (Å²) in [7, 11) is 1.63. The van der Waals surface area contributed by atoms with E-state index in [1.165, 1.54) is 16.2 Å². The minimum absolute atomic E-state index is 0.134. The van der Waals surface area contributed by atoms with E-state index in [1.54, 1.807) is 19.3 Å². The van der Waals surface area contributed by atoms with Gasteiger partial charge in [-0.25, -0.2) is 0 Å². The van der Waals surface area contributed by atoms with E-state index in [0.29, 0.717) is 12.1 Å². The third kappa shape index (κ3) is 4.80. The maximum absolute atomic E-state index is 12.3. The van der Waals surface area contributed by atoms with E-state index < -0.39 is 0 Å². The molecule has 0 saturated carbocycles. The van der Waals surface area contributed by atoms with Gasteiger partial charge in [0.1, 0.15) is 0 Å². The molecule has 0 bridgehead atoms. The van der Waals surface area contributed by atoms with Crippen LogP contribution >= 0.6 is 0 Å². The van der Waals surface area contributed by atoms with Gasteiger partial charge in [-0.3, -0.25) is 9.59 Å². The Labute approximate surface area is 142 Å². The molecule has 0 aliphatic heterocycles. The zero-order valence-electron chi connectivity index (χ0n) is 14.7. The lowest BCUT2D eigenvalue weighted by Gasteiger charge is -2.31. The Morgan fingerprint density at radius 2 is 1.83 bits per heavy atom. The van der Waals surface area contributed by atoms with Gasteiger partial charge in [0, 0.05) is 37.4 Å². The average molecular weight is 327 g/mol. The number of hydrogen-bond donors (Lipinski definition) is 2. The lowest BCUT2D eigenvalue weighted by molar-refractivity contribution is 0.0940. The van der Waals surface area contributed by atoms with Crippen molar-refractivity contribution in [1.29, 1.82) is 0 Å². The lowest BCUT2D eigenvalue weighted by atomic mass is 10.0. The van der Waals surface area contributed by atoms with Crippen LogP contribution in [0.1, 0.15) is 42.7 Å². The van der Waals surface area contributed by atoms with E-state index in [0.717, 1.165) is 0 Å². The monoisotopic (exact) mass is 327 g/mol. The van der Waals surface area contributed by atoms with Crippen LogP contribution in [0.2, 0.25) is 0 Å². The second-order valence-corrected chi connectivity index (χ2v) is 6.71. The molecule has 0 spiro atoms. The highest BCUT2D eigenvalue weighted by molar-refractivity contribution is 5.93. The highest BCUT2D eigenvalue weighted by Crippen LogP contribution is 2.15. The van der Waals surface area contributed by atoms with E-state index in [4.69, 9.17) is 0 Å². The van der Waals surface area contributed by atoms with Gasteiger partial charge in [0.25, 0.3) is 5.91 Å². The molecule has 2 rings (SSSR count). The molecule has 0 saturated heterocycles. The molecule has 24 heavy (non-hydrogen) atoms. The number of aryl methyl sites for hydroxylation is 1. The van der Waals surface area contributed by atoms with Crippen LogP contribution in [0.15, 0.2) is 53.5 Å². The fourth-order valence-corrected chi connectivity index (χ4v) is 2.59. The van der Waals surface area contributed by atoms with Crippen LogP contribution in [0.5, 0.6) is 0 Å². The summed E-state index contributed by atoms with van der Waals surface area (Å²) in [5.74, 6) is -0.187. The number of carbonyl (C=O) groups excluding carboxylic acids is 1. The number of aromatic nitrogens is 1. The van der Waals surface area contributed by atoms with E-state index >= 15 is 0 Å². The number of amides is 1. The van der Waals surface area contributed by atoms with Crippen LogP contribution in [0, 0.1) is 0 Å². The minimum Gasteiger partial charge on any atom is -0.350 e. The molecule has 128 valence electrons. The zero-order chi connectivity index (χ0) is 17.7. The van der Waals surface area contributed by atoms with E-state index in [-0.39, 0.29) is 23.0 Å². The van der Waals surface area contributed by atoms with Crippen molar-refractivity contribution >= 4 is 5.91 Å². The molecule has 0 aliphatic carbocycles. The predicted molar refractivity (Wildman–Crippen MR) is 96.1 cm³/mol. The lowest BCUT2D eigenvalue weighted by Crippen LogP contribution is -2.49. The predicted octanol–water partition coefficient (Wildman–Crippen LogP) is 2.24. The largest absolute Gasteiger partial charge is 0.350 e. The molecule has 0 unspecified atom stereocenters. The quantitative estimate of drug-likeness (QED) is 0.855. The smallest absolute Gasteiger partial charge is 0.252 e. The molecule has 1 aromatic carbocycles. The fraction of sp³-hybridized carbons (Fsp3) is 0.368. The van der Waals surface area contributed by atoms with Crippen molar-refractivity contribution in [3.63, 3.8) is 0 Å². The molecule has 2 N–H and O–H groups in total. The summed E-state index contributed by atoms with van der Waals surface area (Å²) in [5, 5.41) is 6.46. The van der Waals surface area contributed by atoms with Gasteiger partial charge in [-0.05, 0) is 32.4 Å². The van der Waals surface area contributed by atoms with Crippen LogP contribution in [-0.4, -0.2) is 22.6 Å². The van der Waals surface area contributed by atoms with Gasteiger partial charge in [-0.2, -0.15) is 0 Å². The van der Waals surface area contributed by atoms with Gasteiger partial charge in [0.05, 0.1) is 5.56 Å². The van der Waals surface area contributed by atoms with Crippen LogP contribution in [-0.2, 0) is 7.05 Å². The van der Waals surface area contributed by atoms with Gasteiger partial charge >= 0.3 is 0 Å². The number of benzene rings is 1. The maximum atomic E-state index is 12.3. The first kappa shape index (κ1) is 17.9. The van der Waals surface area contributed by atoms with Crippen molar-refractivity contribution in [3.8, 4) is 0 Å². The van der Waals surface area contributed by atoms with Crippen LogP contribution in [0.4, 0.5) is 0 Å². The molecule has 1 amide bonds. The van der Waals surface area contributed by atoms with E-state index in [9.17, 15) is 9.59 Å². The Bertz CT molecular complexity index is 751. The molecule has 0 aliphatic rings. The van der Waals surface area contributed by atoms with Crippen LogP contribution < -0.4 is 16.2 Å². The third-order valence-electron chi connectivity index (χ3n) is 3.95. The SMILES string of the molecule is C[C@@H](NC(C)(C)CNC(=O)c1ccc(=O)n(C)c1)c1ccccc1. The summed E-state index contributed by atoms with van der Waals surface area (Å²) in [6.07, 6.45) is 1.55. The number of carbonyl (C=O) groups is 1. The molecule has 5 heteroatoms. The Morgan fingerprint density at radius 1 is 1.17 bits per heavy atom. The molecule has 0 fully saturated rings. The van der Waals surface area contributed by atoms with Gasteiger partial charge in [-0.15, -0.1) is 0 Å². The molecule has 1 atom stereocenters. The molecule has 1 aromatic heterocycles. The summed E-state index contributed by atoms with van der Waals surface area (Å²) in [4.78, 5) is 23.6. The van der Waals surface area contributed by atoms with Crippen molar-refractivity contribution in [1.82, 2.24) is 15.2 Å². The Kier molecular flexibility index (Phi) is 5.57. The molecular formula is C19H25N3O2. The standard InChI is InChI=1S/C19H25N3O2/c1-14(15-8-6-5-7-9-15)21-19(2,3)13-20-18(24)16-10-11-17(23)22(4)12-16/h5-12,14,21H,13H2,1-4H3,(H,20,24)/t14-/m1/s1. The minimum atomic E-state index is -0.272. The maximum Gasteiger partial charge on any atom is 0.252 e. The number of rotatable bonds is 6. The normalized spacial score (nSPS) is 12.7. The van der Waals surface area contributed by atoms with Gasteiger partial charge in [0.2, 0.25) is 5.56 Å². The van der Waals surface area contributed by atoms with Crippen LogP contribution in [0.3, 0.4) is 0 Å². The first-order valence-corrected chi connectivity index (χ1v) is 8.06. The molecule has 2 aromatic rings. The Hall–Kier alpha value is -2.40. The van der Waals surface area contributed by atoms with Crippen molar-refractivity contribution in [2.24, 2.45) is 7.05 Å². The summed E-state index contributed by atoms with van der Waals surface area (Å²) in [6, 6.07) is 13.3. The van der Waals surface area contributed by atoms with Crippen molar-refractivity contribution in [2.75, 3.05) is 6.54 Å². The first-order valence-electron chi connectivity index (χ1n) is 8.06. The fourth-order valence-electron chi connectivity index (χ4n) is 2.59. The van der Waals surface area contributed by atoms with Crippen molar-refractivity contribution in [2.45, 2.75) is 32.4 Å². The average Bonchev–Trinajstić information content (AvgIpc) is 2.55. The highest BCUT2D eigenvalue weighted by Gasteiger charge is 2.22. The molecule has 1 heterocycles. The molecule has 5 nitrogen and oxygen atoms in total. The topological polar surface area (TPSA) is 63.1 Å². The van der Waals surface area contributed by atoms with E-state index in [1.807, 2.05) is 32.0 Å². The summed E-state index contributed by atoms with van der Waals surface area (Å²) in [6.45, 7) is 6.68. The summed E-state index contributed by atoms with van der Waals surface area (Å²) in [5.41, 5.74) is 1.27. The Balaban J connectivity index is 1.95. The summed E-state index contributed by atoms with van der Waals surface area (Å²) < 4.78 is 1.40. The van der Waals surface area contributed by atoms with E-state index in [2.05, 4.69) is 29.7 Å². The van der Waals surface area contributed by atoms with Crippen molar-refractivity contribution in [3.05, 3.63) is 70.1 Å². The number of nitrogens with zero attached hydrogens (tertiary/aromatic N) is 1. The molecular weight excluding hydrogens is 302 g/mol.